The number of thiazole rings is 1. The number of nitrogens with zero attached hydrogens (tertiary/aromatic N) is 1. The molecule has 0 radical (unpaired) electrons. The van der Waals surface area contributed by atoms with Crippen molar-refractivity contribution in [3.63, 3.8) is 0 Å². The van der Waals surface area contributed by atoms with Crippen LogP contribution in [0.25, 0.3) is 0 Å². The van der Waals surface area contributed by atoms with E-state index in [2.05, 4.69) is 10.3 Å². The third-order valence-electron chi connectivity index (χ3n) is 1.93. The molecule has 1 heterocycles. The summed E-state index contributed by atoms with van der Waals surface area (Å²) in [5.74, 6) is 1.76. The average Bonchev–Trinajstić information content (AvgIpc) is 2.69. The summed E-state index contributed by atoms with van der Waals surface area (Å²) in [6, 6.07) is 0. The normalized spacial score (nSPS) is 10.4. The summed E-state index contributed by atoms with van der Waals surface area (Å²) in [7, 11) is 0. The average molecular weight is 275 g/mol. The van der Waals surface area contributed by atoms with Crippen molar-refractivity contribution in [2.75, 3.05) is 30.4 Å². The van der Waals surface area contributed by atoms with E-state index in [4.69, 9.17) is 10.8 Å². The number of nitrogen functional groups attached to an aromatic ring is 1. The van der Waals surface area contributed by atoms with Crippen molar-refractivity contribution < 1.29 is 9.90 Å². The number of thioether (sulfide) groups is 1. The predicted molar refractivity (Wildman–Crippen MR) is 72.3 cm³/mol. The quantitative estimate of drug-likeness (QED) is 0.601. The van der Waals surface area contributed by atoms with Crippen molar-refractivity contribution in [2.24, 2.45) is 0 Å². The molecule has 5 nitrogen and oxygen atoms in total. The second kappa shape index (κ2) is 8.32. The number of anilines is 1. The molecule has 0 unspecified atom stereocenters. The molecule has 1 aromatic heterocycles. The fourth-order valence-electron chi connectivity index (χ4n) is 1.16. The SMILES string of the molecule is Nc1nc(CC(=O)NCCSCCCO)cs1. The zero-order valence-corrected chi connectivity index (χ0v) is 11.1. The highest BCUT2D eigenvalue weighted by molar-refractivity contribution is 7.99. The van der Waals surface area contributed by atoms with Crippen molar-refractivity contribution in [2.45, 2.75) is 12.8 Å². The molecule has 0 fully saturated rings. The number of hydrogen-bond donors (Lipinski definition) is 3. The van der Waals surface area contributed by atoms with Crippen LogP contribution in [0, 0.1) is 0 Å². The number of aromatic nitrogens is 1. The minimum absolute atomic E-state index is 0.0296. The third kappa shape index (κ3) is 6.50. The zero-order chi connectivity index (χ0) is 12.5. The molecule has 0 spiro atoms. The van der Waals surface area contributed by atoms with Gasteiger partial charge in [0, 0.05) is 24.3 Å². The molecular formula is C10H17N3O2S2. The number of nitrogens with one attached hydrogen (secondary N) is 1. The van der Waals surface area contributed by atoms with Gasteiger partial charge in [0.25, 0.3) is 0 Å². The van der Waals surface area contributed by atoms with Crippen molar-refractivity contribution in [3.05, 3.63) is 11.1 Å². The Morgan fingerprint density at radius 3 is 3.06 bits per heavy atom. The van der Waals surface area contributed by atoms with Gasteiger partial charge < -0.3 is 16.2 Å². The van der Waals surface area contributed by atoms with E-state index in [-0.39, 0.29) is 18.9 Å². The van der Waals surface area contributed by atoms with Crippen molar-refractivity contribution in [1.29, 1.82) is 0 Å². The Balaban J connectivity index is 2.05. The fraction of sp³-hybridized carbons (Fsp3) is 0.600. The first kappa shape index (κ1) is 14.3. The molecular weight excluding hydrogens is 258 g/mol. The lowest BCUT2D eigenvalue weighted by atomic mass is 10.3. The van der Waals surface area contributed by atoms with Crippen LogP contribution in [0.4, 0.5) is 5.13 Å². The van der Waals surface area contributed by atoms with Gasteiger partial charge >= 0.3 is 0 Å². The van der Waals surface area contributed by atoms with Crippen LogP contribution in [0.3, 0.4) is 0 Å². The molecule has 1 amide bonds. The van der Waals surface area contributed by atoms with Gasteiger partial charge in [-0.1, -0.05) is 0 Å². The Bertz CT molecular complexity index is 344. The molecule has 4 N–H and O–H groups in total. The van der Waals surface area contributed by atoms with E-state index in [0.29, 0.717) is 11.7 Å². The van der Waals surface area contributed by atoms with Gasteiger partial charge in [0.1, 0.15) is 0 Å². The molecule has 0 bridgehead atoms. The van der Waals surface area contributed by atoms with Crippen LogP contribution < -0.4 is 11.1 Å². The highest BCUT2D eigenvalue weighted by Gasteiger charge is 2.05. The molecule has 0 saturated carbocycles. The second-order valence-electron chi connectivity index (χ2n) is 3.39. The number of nitrogens with two attached hydrogens (primary N) is 1. The van der Waals surface area contributed by atoms with E-state index in [1.165, 1.54) is 11.3 Å². The van der Waals surface area contributed by atoms with Crippen LogP contribution in [-0.4, -0.2) is 40.7 Å². The lowest BCUT2D eigenvalue weighted by molar-refractivity contribution is -0.120. The summed E-state index contributed by atoms with van der Waals surface area (Å²) in [5.41, 5.74) is 6.19. The smallest absolute Gasteiger partial charge is 0.226 e. The van der Waals surface area contributed by atoms with Crippen molar-refractivity contribution in [3.8, 4) is 0 Å². The van der Waals surface area contributed by atoms with Crippen LogP contribution in [0.1, 0.15) is 12.1 Å². The maximum Gasteiger partial charge on any atom is 0.226 e. The molecule has 0 aromatic carbocycles. The van der Waals surface area contributed by atoms with E-state index in [1.807, 2.05) is 0 Å². The minimum Gasteiger partial charge on any atom is -0.396 e. The number of aliphatic hydroxyl groups excluding tert-OH is 1. The van der Waals surface area contributed by atoms with Crippen LogP contribution in [0.5, 0.6) is 0 Å². The Hall–Kier alpha value is -0.790. The molecule has 0 aliphatic carbocycles. The van der Waals surface area contributed by atoms with Gasteiger partial charge in [0.15, 0.2) is 5.13 Å². The highest BCUT2D eigenvalue weighted by Crippen LogP contribution is 2.11. The van der Waals surface area contributed by atoms with Crippen molar-refractivity contribution in [1.82, 2.24) is 10.3 Å². The number of rotatable bonds is 8. The van der Waals surface area contributed by atoms with Crippen LogP contribution in [0.15, 0.2) is 5.38 Å². The summed E-state index contributed by atoms with van der Waals surface area (Å²) in [6.45, 7) is 0.874. The lowest BCUT2D eigenvalue weighted by Gasteiger charge is -2.03. The first-order valence-corrected chi connectivity index (χ1v) is 7.41. The Morgan fingerprint density at radius 2 is 2.41 bits per heavy atom. The van der Waals surface area contributed by atoms with E-state index >= 15 is 0 Å². The minimum atomic E-state index is -0.0296. The maximum absolute atomic E-state index is 11.5. The van der Waals surface area contributed by atoms with E-state index in [0.717, 1.165) is 23.6 Å². The summed E-state index contributed by atoms with van der Waals surface area (Å²) in [6.07, 6.45) is 1.09. The Labute approximate surface area is 109 Å². The highest BCUT2D eigenvalue weighted by atomic mass is 32.2. The Kier molecular flexibility index (Phi) is 6.99. The second-order valence-corrected chi connectivity index (χ2v) is 5.51. The summed E-state index contributed by atoms with van der Waals surface area (Å²) in [5, 5.41) is 13.7. The monoisotopic (exact) mass is 275 g/mol. The van der Waals surface area contributed by atoms with Crippen molar-refractivity contribution >= 4 is 34.1 Å². The third-order valence-corrected chi connectivity index (χ3v) is 3.72. The molecule has 0 aliphatic heterocycles. The zero-order valence-electron chi connectivity index (χ0n) is 9.52. The fourth-order valence-corrected chi connectivity index (χ4v) is 2.51. The van der Waals surface area contributed by atoms with Gasteiger partial charge in [-0.3, -0.25) is 4.79 Å². The predicted octanol–water partition coefficient (Wildman–Crippen LogP) is 0.500. The van der Waals surface area contributed by atoms with Crippen LogP contribution in [-0.2, 0) is 11.2 Å². The van der Waals surface area contributed by atoms with Gasteiger partial charge in [0.05, 0.1) is 12.1 Å². The molecule has 1 rings (SSSR count). The largest absolute Gasteiger partial charge is 0.396 e. The lowest BCUT2D eigenvalue weighted by Crippen LogP contribution is -2.27. The standard InChI is InChI=1S/C10H17N3O2S2/c11-10-13-8(7-17-10)6-9(15)12-2-5-16-4-1-3-14/h7,14H,1-6H2,(H2,11,13)(H,12,15). The van der Waals surface area contributed by atoms with E-state index < -0.39 is 0 Å². The molecule has 7 heteroatoms. The molecule has 1 aromatic rings. The van der Waals surface area contributed by atoms with Gasteiger partial charge in [-0.25, -0.2) is 4.98 Å². The summed E-state index contributed by atoms with van der Waals surface area (Å²) < 4.78 is 0. The van der Waals surface area contributed by atoms with Crippen LogP contribution >= 0.6 is 23.1 Å². The molecule has 0 atom stereocenters. The number of amides is 1. The van der Waals surface area contributed by atoms with Gasteiger partial charge in [-0.05, 0) is 12.2 Å². The molecule has 0 aliphatic rings. The molecule has 17 heavy (non-hydrogen) atoms. The van der Waals surface area contributed by atoms with E-state index in [1.54, 1.807) is 17.1 Å². The molecule has 96 valence electrons. The summed E-state index contributed by atoms with van der Waals surface area (Å²) >= 11 is 3.06. The topological polar surface area (TPSA) is 88.2 Å². The maximum atomic E-state index is 11.5. The Morgan fingerprint density at radius 1 is 1.59 bits per heavy atom. The number of hydrogen-bond acceptors (Lipinski definition) is 6. The number of carbonyl (C=O) groups excluding carboxylic acids is 1. The summed E-state index contributed by atoms with van der Waals surface area (Å²) in [4.78, 5) is 15.5. The van der Waals surface area contributed by atoms with Gasteiger partial charge in [-0.2, -0.15) is 11.8 Å². The van der Waals surface area contributed by atoms with Gasteiger partial charge in [0.2, 0.25) is 5.91 Å². The number of aliphatic hydroxyl groups is 1. The molecule has 0 saturated heterocycles. The first-order valence-electron chi connectivity index (χ1n) is 5.37. The van der Waals surface area contributed by atoms with Gasteiger partial charge in [-0.15, -0.1) is 11.3 Å². The van der Waals surface area contributed by atoms with E-state index in [9.17, 15) is 4.79 Å². The van der Waals surface area contributed by atoms with Crippen LogP contribution in [0.2, 0.25) is 0 Å². The number of carbonyl (C=O) groups is 1. The first-order chi connectivity index (χ1) is 8.22.